The van der Waals surface area contributed by atoms with Crippen LogP contribution in [0.2, 0.25) is 0 Å². The van der Waals surface area contributed by atoms with Gasteiger partial charge in [0.1, 0.15) is 0 Å². The van der Waals surface area contributed by atoms with Gasteiger partial charge in [0.05, 0.1) is 16.8 Å². The molecule has 2 rings (SSSR count). The van der Waals surface area contributed by atoms with Gasteiger partial charge in [-0.15, -0.1) is 0 Å². The van der Waals surface area contributed by atoms with Crippen LogP contribution in [0.15, 0.2) is 18.2 Å². The maximum absolute atomic E-state index is 11.7. The van der Waals surface area contributed by atoms with E-state index >= 15 is 0 Å². The quantitative estimate of drug-likeness (QED) is 0.685. The molecule has 0 aliphatic rings. The van der Waals surface area contributed by atoms with Crippen LogP contribution in [0.25, 0.3) is 10.2 Å². The number of aliphatic hydroxyl groups is 1. The van der Waals surface area contributed by atoms with Crippen molar-refractivity contribution in [1.82, 2.24) is 10.3 Å². The van der Waals surface area contributed by atoms with E-state index in [1.165, 1.54) is 11.3 Å². The normalized spacial score (nSPS) is 13.7. The zero-order chi connectivity index (χ0) is 15.6. The lowest BCUT2D eigenvalue weighted by Crippen LogP contribution is -2.47. The van der Waals surface area contributed by atoms with E-state index in [1.54, 1.807) is 0 Å². The Labute approximate surface area is 124 Å². The number of fused-ring (bicyclic) bond motifs is 1. The van der Waals surface area contributed by atoms with Gasteiger partial charge in [0.15, 0.2) is 10.7 Å². The van der Waals surface area contributed by atoms with Gasteiger partial charge in [0.25, 0.3) is 0 Å². The Morgan fingerprint density at radius 2 is 2.14 bits per heavy atom. The SMILES string of the molecule is Cc1ccc2nc(NC(=O)NCC(C)(O)C(=O)O)sc2c1. The number of amides is 2. The second-order valence-corrected chi connectivity index (χ2v) is 5.91. The van der Waals surface area contributed by atoms with Crippen molar-refractivity contribution < 1.29 is 19.8 Å². The zero-order valence-corrected chi connectivity index (χ0v) is 12.3. The molecule has 2 aromatic rings. The van der Waals surface area contributed by atoms with Gasteiger partial charge in [-0.1, -0.05) is 17.4 Å². The predicted octanol–water partition coefficient (Wildman–Crippen LogP) is 1.56. The van der Waals surface area contributed by atoms with Gasteiger partial charge in [-0.2, -0.15) is 0 Å². The molecule has 0 bridgehead atoms. The molecule has 1 heterocycles. The summed E-state index contributed by atoms with van der Waals surface area (Å²) in [6, 6.07) is 5.13. The summed E-state index contributed by atoms with van der Waals surface area (Å²) in [5.41, 5.74) is -0.139. The molecule has 0 spiro atoms. The van der Waals surface area contributed by atoms with Crippen molar-refractivity contribution in [2.45, 2.75) is 19.4 Å². The Hall–Kier alpha value is -2.19. The number of hydrogen-bond acceptors (Lipinski definition) is 5. The summed E-state index contributed by atoms with van der Waals surface area (Å²) in [5, 5.41) is 23.4. The Balaban J connectivity index is 2.00. The average molecular weight is 309 g/mol. The molecule has 1 unspecified atom stereocenters. The van der Waals surface area contributed by atoms with Crippen molar-refractivity contribution in [3.05, 3.63) is 23.8 Å². The van der Waals surface area contributed by atoms with Crippen LogP contribution in [0, 0.1) is 6.92 Å². The highest BCUT2D eigenvalue weighted by atomic mass is 32.1. The molecule has 1 atom stereocenters. The lowest BCUT2D eigenvalue weighted by atomic mass is 10.1. The third kappa shape index (κ3) is 3.67. The van der Waals surface area contributed by atoms with Crippen LogP contribution in [0.5, 0.6) is 0 Å². The Morgan fingerprint density at radius 3 is 2.81 bits per heavy atom. The molecule has 2 amide bonds. The standard InChI is InChI=1S/C13H15N3O4S/c1-7-3-4-8-9(5-7)21-12(15-8)16-11(19)14-6-13(2,20)10(17)18/h3-5,20H,6H2,1-2H3,(H,17,18)(H2,14,15,16,19). The zero-order valence-electron chi connectivity index (χ0n) is 11.5. The molecule has 0 aliphatic heterocycles. The number of anilines is 1. The number of rotatable bonds is 4. The van der Waals surface area contributed by atoms with E-state index in [2.05, 4.69) is 15.6 Å². The van der Waals surface area contributed by atoms with E-state index in [9.17, 15) is 14.7 Å². The van der Waals surface area contributed by atoms with E-state index in [1.807, 2.05) is 25.1 Å². The maximum Gasteiger partial charge on any atom is 0.337 e. The number of carbonyl (C=O) groups is 2. The number of aromatic nitrogens is 1. The monoisotopic (exact) mass is 309 g/mol. The molecule has 1 aromatic carbocycles. The van der Waals surface area contributed by atoms with Gasteiger partial charge in [0, 0.05) is 0 Å². The molecule has 1 aromatic heterocycles. The highest BCUT2D eigenvalue weighted by Crippen LogP contribution is 2.26. The lowest BCUT2D eigenvalue weighted by molar-refractivity contribution is -0.155. The predicted molar refractivity (Wildman–Crippen MR) is 79.6 cm³/mol. The van der Waals surface area contributed by atoms with Crippen LogP contribution in [-0.2, 0) is 4.79 Å². The summed E-state index contributed by atoms with van der Waals surface area (Å²) in [5.74, 6) is -1.40. The molecule has 21 heavy (non-hydrogen) atoms. The van der Waals surface area contributed by atoms with Crippen molar-refractivity contribution in [3.63, 3.8) is 0 Å². The minimum atomic E-state index is -2.01. The van der Waals surface area contributed by atoms with Crippen LogP contribution in [0.3, 0.4) is 0 Å². The van der Waals surface area contributed by atoms with Crippen LogP contribution in [0.4, 0.5) is 9.93 Å². The maximum atomic E-state index is 11.7. The van der Waals surface area contributed by atoms with Crippen LogP contribution >= 0.6 is 11.3 Å². The van der Waals surface area contributed by atoms with E-state index in [0.717, 1.165) is 22.7 Å². The fourth-order valence-electron chi connectivity index (χ4n) is 1.55. The van der Waals surface area contributed by atoms with Crippen molar-refractivity contribution in [3.8, 4) is 0 Å². The van der Waals surface area contributed by atoms with Crippen LogP contribution in [0.1, 0.15) is 12.5 Å². The molecule has 0 saturated carbocycles. The molecule has 4 N–H and O–H groups in total. The second kappa shape index (κ2) is 5.66. The van der Waals surface area contributed by atoms with Crippen molar-refractivity contribution in [2.24, 2.45) is 0 Å². The Kier molecular flexibility index (Phi) is 4.10. The van der Waals surface area contributed by atoms with Gasteiger partial charge >= 0.3 is 12.0 Å². The first-order valence-corrected chi connectivity index (χ1v) is 6.97. The van der Waals surface area contributed by atoms with E-state index in [-0.39, 0.29) is 0 Å². The first-order chi connectivity index (χ1) is 9.78. The van der Waals surface area contributed by atoms with Gasteiger partial charge in [-0.05, 0) is 31.5 Å². The summed E-state index contributed by atoms with van der Waals surface area (Å²) in [7, 11) is 0. The molecule has 0 aliphatic carbocycles. The third-order valence-electron chi connectivity index (χ3n) is 2.82. The summed E-state index contributed by atoms with van der Waals surface area (Å²) in [6.07, 6.45) is 0. The van der Waals surface area contributed by atoms with Gasteiger partial charge in [0.2, 0.25) is 0 Å². The number of benzene rings is 1. The minimum absolute atomic E-state index is 0.405. The number of nitrogens with zero attached hydrogens (tertiary/aromatic N) is 1. The molecule has 0 fully saturated rings. The minimum Gasteiger partial charge on any atom is -0.479 e. The molecule has 8 heteroatoms. The van der Waals surface area contributed by atoms with Gasteiger partial charge in [-0.3, -0.25) is 5.32 Å². The number of aryl methyl sites for hydroxylation is 1. The molecule has 7 nitrogen and oxygen atoms in total. The number of carbonyl (C=O) groups excluding carboxylic acids is 1. The van der Waals surface area contributed by atoms with Crippen molar-refractivity contribution in [2.75, 3.05) is 11.9 Å². The lowest BCUT2D eigenvalue weighted by Gasteiger charge is -2.18. The fourth-order valence-corrected chi connectivity index (χ4v) is 2.51. The molecule has 0 saturated heterocycles. The molecular formula is C13H15N3O4S. The Morgan fingerprint density at radius 1 is 1.43 bits per heavy atom. The van der Waals surface area contributed by atoms with Crippen molar-refractivity contribution >= 4 is 38.7 Å². The van der Waals surface area contributed by atoms with Crippen LogP contribution in [-0.4, -0.2) is 39.3 Å². The summed E-state index contributed by atoms with van der Waals surface area (Å²) < 4.78 is 0.947. The van der Waals surface area contributed by atoms with Crippen molar-refractivity contribution in [1.29, 1.82) is 0 Å². The van der Waals surface area contributed by atoms with Gasteiger partial charge < -0.3 is 15.5 Å². The number of nitrogens with one attached hydrogen (secondary N) is 2. The van der Waals surface area contributed by atoms with E-state index < -0.39 is 24.1 Å². The highest BCUT2D eigenvalue weighted by Gasteiger charge is 2.30. The van der Waals surface area contributed by atoms with E-state index in [0.29, 0.717) is 5.13 Å². The highest BCUT2D eigenvalue weighted by molar-refractivity contribution is 7.22. The number of urea groups is 1. The van der Waals surface area contributed by atoms with Crippen LogP contribution < -0.4 is 10.6 Å². The van der Waals surface area contributed by atoms with E-state index in [4.69, 9.17) is 5.11 Å². The number of aliphatic carboxylic acids is 1. The number of carboxylic acids is 1. The summed E-state index contributed by atoms with van der Waals surface area (Å²) in [4.78, 5) is 26.6. The summed E-state index contributed by atoms with van der Waals surface area (Å²) in [6.45, 7) is 2.67. The molecule has 112 valence electrons. The number of hydrogen-bond donors (Lipinski definition) is 4. The molecule has 0 radical (unpaired) electrons. The number of carboxylic acid groups (broad SMARTS) is 1. The fraction of sp³-hybridized carbons (Fsp3) is 0.308. The first-order valence-electron chi connectivity index (χ1n) is 6.16. The average Bonchev–Trinajstić information content (AvgIpc) is 2.77. The topological polar surface area (TPSA) is 112 Å². The first kappa shape index (κ1) is 15.2. The third-order valence-corrected chi connectivity index (χ3v) is 3.75. The largest absolute Gasteiger partial charge is 0.479 e. The second-order valence-electron chi connectivity index (χ2n) is 4.88. The molecular weight excluding hydrogens is 294 g/mol. The smallest absolute Gasteiger partial charge is 0.337 e. The summed E-state index contributed by atoms with van der Waals surface area (Å²) >= 11 is 1.32. The number of thiazole rings is 1. The Bertz CT molecular complexity index is 696. The van der Waals surface area contributed by atoms with Gasteiger partial charge in [-0.25, -0.2) is 14.6 Å².